The first-order valence-corrected chi connectivity index (χ1v) is 6.50. The summed E-state index contributed by atoms with van der Waals surface area (Å²) in [4.78, 5) is 48.8. The first kappa shape index (κ1) is 12.1. The highest BCUT2D eigenvalue weighted by Crippen LogP contribution is 2.42. The van der Waals surface area contributed by atoms with Crippen molar-refractivity contribution < 1.29 is 19.2 Å². The summed E-state index contributed by atoms with van der Waals surface area (Å²) in [5, 5.41) is 4.87. The third-order valence-electron chi connectivity index (χ3n) is 4.28. The lowest BCUT2D eigenvalue weighted by atomic mass is 9.81. The number of nitrogens with one attached hydrogen (secondary N) is 2. The van der Waals surface area contributed by atoms with Crippen LogP contribution in [0.15, 0.2) is 0 Å². The molecule has 7 nitrogen and oxygen atoms in total. The Morgan fingerprint density at radius 3 is 2.37 bits per heavy atom. The topological polar surface area (TPSA) is 95.6 Å². The van der Waals surface area contributed by atoms with Crippen LogP contribution < -0.4 is 10.6 Å². The van der Waals surface area contributed by atoms with Crippen molar-refractivity contribution in [3.63, 3.8) is 0 Å². The van der Waals surface area contributed by atoms with Crippen LogP contribution in [0, 0.1) is 5.41 Å². The van der Waals surface area contributed by atoms with Gasteiger partial charge in [-0.15, -0.1) is 0 Å². The summed E-state index contributed by atoms with van der Waals surface area (Å²) in [6.07, 6.45) is 2.70. The minimum absolute atomic E-state index is 0.115. The van der Waals surface area contributed by atoms with Crippen molar-refractivity contribution in [2.45, 2.75) is 38.1 Å². The summed E-state index contributed by atoms with van der Waals surface area (Å²) < 4.78 is 0. The Morgan fingerprint density at radius 2 is 1.79 bits per heavy atom. The summed E-state index contributed by atoms with van der Waals surface area (Å²) in [5.41, 5.74) is -1.08. The Labute approximate surface area is 109 Å². The largest absolute Gasteiger partial charge is 0.354 e. The molecule has 102 valence electrons. The molecule has 7 heteroatoms. The molecule has 2 heterocycles. The van der Waals surface area contributed by atoms with Crippen LogP contribution in [0.5, 0.6) is 0 Å². The maximum absolute atomic E-state index is 12.6. The van der Waals surface area contributed by atoms with E-state index in [9.17, 15) is 19.2 Å². The number of carbonyl (C=O) groups is 4. The van der Waals surface area contributed by atoms with Crippen LogP contribution in [-0.2, 0) is 14.4 Å². The van der Waals surface area contributed by atoms with E-state index in [1.807, 2.05) is 0 Å². The van der Waals surface area contributed by atoms with Gasteiger partial charge in [-0.25, -0.2) is 4.79 Å². The minimum Gasteiger partial charge on any atom is -0.354 e. The number of nitrogens with zero attached hydrogens (tertiary/aromatic N) is 1. The number of hydrogen-bond donors (Lipinski definition) is 2. The molecule has 5 amide bonds. The Bertz CT molecular complexity index is 481. The quantitative estimate of drug-likeness (QED) is 0.625. The molecular formula is C12H15N3O4. The van der Waals surface area contributed by atoms with Crippen molar-refractivity contribution >= 4 is 23.8 Å². The fourth-order valence-corrected chi connectivity index (χ4v) is 3.22. The Morgan fingerprint density at radius 1 is 1.11 bits per heavy atom. The molecular weight excluding hydrogens is 250 g/mol. The molecule has 1 saturated carbocycles. The van der Waals surface area contributed by atoms with E-state index in [2.05, 4.69) is 10.6 Å². The fourth-order valence-electron chi connectivity index (χ4n) is 3.22. The average molecular weight is 265 g/mol. The highest BCUT2D eigenvalue weighted by molar-refractivity contribution is 6.19. The van der Waals surface area contributed by atoms with Gasteiger partial charge in [-0.3, -0.25) is 24.6 Å². The lowest BCUT2D eigenvalue weighted by molar-refractivity contribution is -0.152. The SMILES string of the molecule is O=C1CC(N2C(=O)NC(=O)C3(CCCC3)C2=O)CN1. The number of barbiturate groups is 1. The predicted octanol–water partition coefficient (Wildman–Crippen LogP) is -0.486. The maximum Gasteiger partial charge on any atom is 0.331 e. The monoisotopic (exact) mass is 265 g/mol. The summed E-state index contributed by atoms with van der Waals surface area (Å²) in [7, 11) is 0. The normalized spacial score (nSPS) is 29.9. The molecule has 19 heavy (non-hydrogen) atoms. The fraction of sp³-hybridized carbons (Fsp3) is 0.667. The van der Waals surface area contributed by atoms with Crippen LogP contribution in [0.25, 0.3) is 0 Å². The molecule has 0 bridgehead atoms. The van der Waals surface area contributed by atoms with Crippen LogP contribution in [0.1, 0.15) is 32.1 Å². The van der Waals surface area contributed by atoms with Crippen molar-refractivity contribution in [2.24, 2.45) is 5.41 Å². The van der Waals surface area contributed by atoms with Crippen LogP contribution >= 0.6 is 0 Å². The summed E-state index contributed by atoms with van der Waals surface area (Å²) in [6, 6.07) is -1.18. The van der Waals surface area contributed by atoms with Gasteiger partial charge in [0.05, 0.1) is 6.04 Å². The van der Waals surface area contributed by atoms with Crippen LogP contribution in [-0.4, -0.2) is 41.2 Å². The Hall–Kier alpha value is -1.92. The summed E-state index contributed by atoms with van der Waals surface area (Å²) in [6.45, 7) is 0.266. The average Bonchev–Trinajstić information content (AvgIpc) is 2.97. The van der Waals surface area contributed by atoms with Crippen LogP contribution in [0.3, 0.4) is 0 Å². The molecule has 0 aromatic rings. The molecule has 3 rings (SSSR count). The first-order valence-electron chi connectivity index (χ1n) is 6.50. The van der Waals surface area contributed by atoms with Crippen molar-refractivity contribution in [3.8, 4) is 0 Å². The maximum atomic E-state index is 12.6. The van der Waals surface area contributed by atoms with Gasteiger partial charge in [0.25, 0.3) is 0 Å². The van der Waals surface area contributed by atoms with E-state index in [1.165, 1.54) is 0 Å². The molecule has 1 unspecified atom stereocenters. The van der Waals surface area contributed by atoms with Gasteiger partial charge in [0.2, 0.25) is 17.7 Å². The smallest absolute Gasteiger partial charge is 0.331 e. The second-order valence-corrected chi connectivity index (χ2v) is 5.39. The van der Waals surface area contributed by atoms with Gasteiger partial charge in [-0.05, 0) is 12.8 Å². The zero-order valence-corrected chi connectivity index (χ0v) is 10.4. The molecule has 1 atom stereocenters. The second-order valence-electron chi connectivity index (χ2n) is 5.39. The number of imide groups is 2. The minimum atomic E-state index is -1.08. The molecule has 0 radical (unpaired) electrons. The van der Waals surface area contributed by atoms with E-state index in [4.69, 9.17) is 0 Å². The molecule has 3 aliphatic rings. The molecule has 1 spiro atoms. The lowest BCUT2D eigenvalue weighted by Crippen LogP contribution is -2.65. The van der Waals surface area contributed by atoms with Crippen molar-refractivity contribution in [1.29, 1.82) is 0 Å². The van der Waals surface area contributed by atoms with Gasteiger partial charge in [-0.1, -0.05) is 12.8 Å². The van der Waals surface area contributed by atoms with Crippen molar-refractivity contribution in [1.82, 2.24) is 15.5 Å². The van der Waals surface area contributed by atoms with E-state index in [1.54, 1.807) is 0 Å². The van der Waals surface area contributed by atoms with Gasteiger partial charge in [0.15, 0.2) is 0 Å². The van der Waals surface area contributed by atoms with Crippen LogP contribution in [0.4, 0.5) is 4.79 Å². The zero-order valence-electron chi connectivity index (χ0n) is 10.4. The standard InChI is InChI=1S/C12H15N3O4/c16-8-5-7(6-13-8)15-10(18)12(3-1-2-4-12)9(17)14-11(15)19/h7H,1-6H2,(H,13,16)(H,14,17,19). The van der Waals surface area contributed by atoms with E-state index < -0.39 is 29.3 Å². The zero-order chi connectivity index (χ0) is 13.6. The van der Waals surface area contributed by atoms with Gasteiger partial charge in [0, 0.05) is 13.0 Å². The highest BCUT2D eigenvalue weighted by Gasteiger charge is 2.56. The molecule has 3 fully saturated rings. The molecule has 2 saturated heterocycles. The molecule has 1 aliphatic carbocycles. The predicted molar refractivity (Wildman–Crippen MR) is 62.7 cm³/mol. The number of hydrogen-bond acceptors (Lipinski definition) is 4. The third-order valence-corrected chi connectivity index (χ3v) is 4.28. The highest BCUT2D eigenvalue weighted by atomic mass is 16.2. The van der Waals surface area contributed by atoms with Crippen LogP contribution in [0.2, 0.25) is 0 Å². The molecule has 2 N–H and O–H groups in total. The second kappa shape index (κ2) is 4.04. The molecule has 0 aromatic heterocycles. The van der Waals surface area contributed by atoms with Gasteiger partial charge >= 0.3 is 6.03 Å². The summed E-state index contributed by atoms with van der Waals surface area (Å²) >= 11 is 0. The number of amides is 5. The van der Waals surface area contributed by atoms with E-state index in [-0.39, 0.29) is 18.9 Å². The third kappa shape index (κ3) is 1.64. The van der Waals surface area contributed by atoms with E-state index >= 15 is 0 Å². The number of carbonyl (C=O) groups excluding carboxylic acids is 4. The summed E-state index contributed by atoms with van der Waals surface area (Å²) in [5.74, 6) is -1.09. The Kier molecular flexibility index (Phi) is 2.58. The Balaban J connectivity index is 1.91. The lowest BCUT2D eigenvalue weighted by Gasteiger charge is -2.39. The van der Waals surface area contributed by atoms with E-state index in [0.717, 1.165) is 17.7 Å². The molecule has 0 aromatic carbocycles. The van der Waals surface area contributed by atoms with E-state index in [0.29, 0.717) is 12.8 Å². The van der Waals surface area contributed by atoms with Crippen molar-refractivity contribution in [3.05, 3.63) is 0 Å². The molecule has 2 aliphatic heterocycles. The number of urea groups is 1. The van der Waals surface area contributed by atoms with Gasteiger partial charge in [0.1, 0.15) is 5.41 Å². The van der Waals surface area contributed by atoms with Crippen molar-refractivity contribution in [2.75, 3.05) is 6.54 Å². The first-order chi connectivity index (χ1) is 9.04. The van der Waals surface area contributed by atoms with Gasteiger partial charge in [-0.2, -0.15) is 0 Å². The van der Waals surface area contributed by atoms with Gasteiger partial charge < -0.3 is 5.32 Å². The number of rotatable bonds is 1.